The fraction of sp³-hybridized carbons (Fsp3) is 0. The zero-order chi connectivity index (χ0) is 12.3. The fourth-order valence-electron chi connectivity index (χ4n) is 1.31. The lowest BCUT2D eigenvalue weighted by atomic mass is 10.3. The highest BCUT2D eigenvalue weighted by Gasteiger charge is 2.07. The molecule has 0 aliphatic rings. The number of benzene rings is 1. The van der Waals surface area contributed by atoms with Crippen molar-refractivity contribution in [2.24, 2.45) is 0 Å². The molecule has 0 aliphatic carbocycles. The highest BCUT2D eigenvalue weighted by atomic mass is 79.9. The quantitative estimate of drug-likeness (QED) is 0.894. The van der Waals surface area contributed by atoms with E-state index in [1.807, 2.05) is 12.1 Å². The summed E-state index contributed by atoms with van der Waals surface area (Å²) in [5.74, 6) is 0.0491. The van der Waals surface area contributed by atoms with Gasteiger partial charge in [0.15, 0.2) is 0 Å². The number of aromatic nitrogens is 1. The van der Waals surface area contributed by atoms with E-state index in [9.17, 15) is 4.79 Å². The van der Waals surface area contributed by atoms with Crippen LogP contribution in [0.2, 0.25) is 0 Å². The lowest BCUT2D eigenvalue weighted by molar-refractivity contribution is 0.102. The monoisotopic (exact) mass is 291 g/mol. The van der Waals surface area contributed by atoms with Crippen molar-refractivity contribution in [3.8, 4) is 0 Å². The lowest BCUT2D eigenvalue weighted by Gasteiger charge is -2.04. The van der Waals surface area contributed by atoms with Gasteiger partial charge < -0.3 is 11.1 Å². The van der Waals surface area contributed by atoms with Crippen LogP contribution in [0, 0.1) is 0 Å². The molecule has 0 saturated heterocycles. The molecule has 0 atom stereocenters. The molecule has 1 amide bonds. The molecule has 0 bridgehead atoms. The molecule has 0 fully saturated rings. The van der Waals surface area contributed by atoms with Crippen molar-refractivity contribution in [1.82, 2.24) is 4.98 Å². The first kappa shape index (κ1) is 11.6. The summed E-state index contributed by atoms with van der Waals surface area (Å²) in [6, 6.07) is 12.2. The number of halogens is 1. The SMILES string of the molecule is Nc1cccc(C(=O)Nc2ccc(Br)cc2)n1. The summed E-state index contributed by atoms with van der Waals surface area (Å²) in [6.07, 6.45) is 0. The average molecular weight is 292 g/mol. The average Bonchev–Trinajstić information content (AvgIpc) is 2.32. The van der Waals surface area contributed by atoms with Gasteiger partial charge in [-0.2, -0.15) is 0 Å². The first-order chi connectivity index (χ1) is 8.15. The summed E-state index contributed by atoms with van der Waals surface area (Å²) in [7, 11) is 0. The standard InChI is InChI=1S/C12H10BrN3O/c13-8-4-6-9(7-5-8)15-12(17)10-2-1-3-11(14)16-10/h1-7H,(H2,14,16)(H,15,17). The van der Waals surface area contributed by atoms with Crippen molar-refractivity contribution >= 4 is 33.3 Å². The van der Waals surface area contributed by atoms with Crippen LogP contribution in [0.5, 0.6) is 0 Å². The van der Waals surface area contributed by atoms with Crippen molar-refractivity contribution in [1.29, 1.82) is 0 Å². The van der Waals surface area contributed by atoms with Crippen LogP contribution in [0.3, 0.4) is 0 Å². The minimum absolute atomic E-state index is 0.278. The summed E-state index contributed by atoms with van der Waals surface area (Å²) < 4.78 is 0.956. The van der Waals surface area contributed by atoms with Crippen molar-refractivity contribution in [3.05, 3.63) is 52.6 Å². The number of nitrogen functional groups attached to an aromatic ring is 1. The van der Waals surface area contributed by atoms with E-state index in [4.69, 9.17) is 5.73 Å². The summed E-state index contributed by atoms with van der Waals surface area (Å²) in [5, 5.41) is 2.73. The molecule has 0 radical (unpaired) electrons. The van der Waals surface area contributed by atoms with E-state index >= 15 is 0 Å². The normalized spacial score (nSPS) is 9.94. The summed E-state index contributed by atoms with van der Waals surface area (Å²) in [5.41, 5.74) is 6.52. The first-order valence-corrected chi connectivity index (χ1v) is 5.74. The Morgan fingerprint density at radius 3 is 2.53 bits per heavy atom. The van der Waals surface area contributed by atoms with Crippen molar-refractivity contribution in [2.75, 3.05) is 11.1 Å². The summed E-state index contributed by atoms with van der Waals surface area (Å²) in [4.78, 5) is 15.8. The molecule has 0 spiro atoms. The zero-order valence-electron chi connectivity index (χ0n) is 8.85. The molecule has 17 heavy (non-hydrogen) atoms. The largest absolute Gasteiger partial charge is 0.384 e. The molecule has 5 heteroatoms. The molecule has 1 aromatic carbocycles. The summed E-state index contributed by atoms with van der Waals surface area (Å²) in [6.45, 7) is 0. The van der Waals surface area contributed by atoms with Gasteiger partial charge in [-0.25, -0.2) is 4.98 Å². The van der Waals surface area contributed by atoms with E-state index < -0.39 is 0 Å². The Hall–Kier alpha value is -1.88. The van der Waals surface area contributed by atoms with E-state index in [0.29, 0.717) is 17.2 Å². The summed E-state index contributed by atoms with van der Waals surface area (Å²) >= 11 is 3.32. The third-order valence-corrected chi connectivity index (χ3v) is 2.63. The first-order valence-electron chi connectivity index (χ1n) is 4.94. The van der Waals surface area contributed by atoms with E-state index in [1.165, 1.54) is 0 Å². The van der Waals surface area contributed by atoms with Gasteiger partial charge in [0.05, 0.1) is 0 Å². The Bertz CT molecular complexity index is 540. The lowest BCUT2D eigenvalue weighted by Crippen LogP contribution is -2.14. The smallest absolute Gasteiger partial charge is 0.274 e. The molecule has 2 aromatic rings. The second kappa shape index (κ2) is 4.97. The number of carbonyl (C=O) groups is 1. The number of hydrogen-bond acceptors (Lipinski definition) is 3. The maximum Gasteiger partial charge on any atom is 0.274 e. The number of pyridine rings is 1. The van der Waals surface area contributed by atoms with Gasteiger partial charge in [0.2, 0.25) is 0 Å². The maximum absolute atomic E-state index is 11.8. The number of anilines is 2. The molecule has 0 saturated carbocycles. The molecule has 2 rings (SSSR count). The van der Waals surface area contributed by atoms with E-state index in [2.05, 4.69) is 26.2 Å². The van der Waals surface area contributed by atoms with Gasteiger partial charge >= 0.3 is 0 Å². The number of nitrogens with one attached hydrogen (secondary N) is 1. The molecule has 0 aliphatic heterocycles. The number of nitrogens with zero attached hydrogens (tertiary/aromatic N) is 1. The Balaban J connectivity index is 2.14. The predicted octanol–water partition coefficient (Wildman–Crippen LogP) is 2.68. The Labute approximate surface area is 107 Å². The van der Waals surface area contributed by atoms with E-state index in [-0.39, 0.29) is 5.91 Å². The van der Waals surface area contributed by atoms with Crippen LogP contribution in [-0.2, 0) is 0 Å². The third kappa shape index (κ3) is 3.04. The van der Waals surface area contributed by atoms with Gasteiger partial charge in [0.1, 0.15) is 11.5 Å². The molecule has 0 unspecified atom stereocenters. The van der Waals surface area contributed by atoms with Crippen molar-refractivity contribution in [3.63, 3.8) is 0 Å². The number of amides is 1. The van der Waals surface area contributed by atoms with Gasteiger partial charge in [-0.15, -0.1) is 0 Å². The van der Waals surface area contributed by atoms with Crippen molar-refractivity contribution in [2.45, 2.75) is 0 Å². The molecule has 1 aromatic heterocycles. The van der Waals surface area contributed by atoms with Gasteiger partial charge in [-0.3, -0.25) is 4.79 Å². The fourth-order valence-corrected chi connectivity index (χ4v) is 1.57. The molecule has 1 heterocycles. The highest BCUT2D eigenvalue weighted by molar-refractivity contribution is 9.10. The van der Waals surface area contributed by atoms with Gasteiger partial charge in [-0.05, 0) is 36.4 Å². The van der Waals surface area contributed by atoms with Crippen molar-refractivity contribution < 1.29 is 4.79 Å². The van der Waals surface area contributed by atoms with Crippen LogP contribution in [0.4, 0.5) is 11.5 Å². The number of carbonyl (C=O) groups excluding carboxylic acids is 1. The highest BCUT2D eigenvalue weighted by Crippen LogP contribution is 2.14. The van der Waals surface area contributed by atoms with Gasteiger partial charge in [0, 0.05) is 10.2 Å². The van der Waals surface area contributed by atoms with Crippen LogP contribution in [-0.4, -0.2) is 10.9 Å². The topological polar surface area (TPSA) is 68.0 Å². The molecular formula is C12H10BrN3O. The molecule has 4 nitrogen and oxygen atoms in total. The van der Waals surface area contributed by atoms with Crippen LogP contribution >= 0.6 is 15.9 Å². The van der Waals surface area contributed by atoms with Crippen LogP contribution in [0.1, 0.15) is 10.5 Å². The molecular weight excluding hydrogens is 282 g/mol. The number of rotatable bonds is 2. The Kier molecular flexibility index (Phi) is 3.39. The zero-order valence-corrected chi connectivity index (χ0v) is 10.4. The second-order valence-electron chi connectivity index (χ2n) is 3.41. The molecule has 3 N–H and O–H groups in total. The minimum Gasteiger partial charge on any atom is -0.384 e. The van der Waals surface area contributed by atoms with E-state index in [0.717, 1.165) is 4.47 Å². The number of nitrogens with two attached hydrogens (primary N) is 1. The van der Waals surface area contributed by atoms with Crippen LogP contribution < -0.4 is 11.1 Å². The number of hydrogen-bond donors (Lipinski definition) is 2. The predicted molar refractivity (Wildman–Crippen MR) is 70.7 cm³/mol. The van der Waals surface area contributed by atoms with E-state index in [1.54, 1.807) is 30.3 Å². The van der Waals surface area contributed by atoms with Gasteiger partial charge in [0.25, 0.3) is 5.91 Å². The Morgan fingerprint density at radius 2 is 1.88 bits per heavy atom. The molecule has 86 valence electrons. The minimum atomic E-state index is -0.278. The van der Waals surface area contributed by atoms with Crippen LogP contribution in [0.15, 0.2) is 46.9 Å². The third-order valence-electron chi connectivity index (χ3n) is 2.11. The van der Waals surface area contributed by atoms with Gasteiger partial charge in [-0.1, -0.05) is 22.0 Å². The van der Waals surface area contributed by atoms with Crippen LogP contribution in [0.25, 0.3) is 0 Å². The maximum atomic E-state index is 11.8. The second-order valence-corrected chi connectivity index (χ2v) is 4.32. The Morgan fingerprint density at radius 1 is 1.18 bits per heavy atom.